The van der Waals surface area contributed by atoms with Gasteiger partial charge in [-0.1, -0.05) is 11.6 Å². The minimum Gasteiger partial charge on any atom is -0.369 e. The molecule has 0 saturated carbocycles. The number of likely N-dealkylation sites (N-methyl/N-ethyl adjacent to an activating group) is 1. The molecule has 1 N–H and O–H groups in total. The van der Waals surface area contributed by atoms with Crippen LogP contribution in [0.4, 0.5) is 5.82 Å². The first-order valence-corrected chi connectivity index (χ1v) is 7.37. The molecule has 0 spiro atoms. The maximum atomic E-state index is 12.5. The lowest BCUT2D eigenvalue weighted by molar-refractivity contribution is 0.0762. The summed E-state index contributed by atoms with van der Waals surface area (Å²) in [6.07, 6.45) is 2.60. The molecule has 1 aromatic heterocycles. The number of hydrogen-bond acceptors (Lipinski definition) is 4. The molecule has 0 unspecified atom stereocenters. The highest BCUT2D eigenvalue weighted by Gasteiger charge is 2.19. The molecule has 6 heteroatoms. The molecule has 2 rings (SSSR count). The summed E-state index contributed by atoms with van der Waals surface area (Å²) >= 11 is 6.14. The molecule has 110 valence electrons. The highest BCUT2D eigenvalue weighted by Crippen LogP contribution is 2.21. The van der Waals surface area contributed by atoms with Crippen LogP contribution in [0.3, 0.4) is 0 Å². The largest absolute Gasteiger partial charge is 0.369 e. The number of carbonyl (C=O) groups excluding carboxylic acids is 1. The van der Waals surface area contributed by atoms with Crippen molar-refractivity contribution in [3.8, 4) is 0 Å². The maximum Gasteiger partial charge on any atom is 0.255 e. The fraction of sp³-hybridized carbons (Fsp3) is 0.571. The van der Waals surface area contributed by atoms with Crippen molar-refractivity contribution in [2.75, 3.05) is 45.1 Å². The summed E-state index contributed by atoms with van der Waals surface area (Å²) in [4.78, 5) is 20.8. The van der Waals surface area contributed by atoms with Gasteiger partial charge in [-0.3, -0.25) is 4.79 Å². The van der Waals surface area contributed by atoms with Crippen LogP contribution in [0.2, 0.25) is 5.02 Å². The van der Waals surface area contributed by atoms with Gasteiger partial charge in [0.05, 0.1) is 10.6 Å². The zero-order valence-corrected chi connectivity index (χ0v) is 12.8. The maximum absolute atomic E-state index is 12.5. The number of nitrogens with zero attached hydrogens (tertiary/aromatic N) is 3. The highest BCUT2D eigenvalue weighted by atomic mass is 35.5. The first-order valence-electron chi connectivity index (χ1n) is 6.99. The van der Waals surface area contributed by atoms with Crippen molar-refractivity contribution in [3.63, 3.8) is 0 Å². The van der Waals surface area contributed by atoms with E-state index in [1.807, 2.05) is 11.8 Å². The van der Waals surface area contributed by atoms with Crippen molar-refractivity contribution in [3.05, 3.63) is 22.8 Å². The molecule has 0 bridgehead atoms. The molecule has 1 aliphatic rings. The van der Waals surface area contributed by atoms with Crippen LogP contribution < -0.4 is 5.32 Å². The van der Waals surface area contributed by atoms with Gasteiger partial charge in [-0.2, -0.15) is 0 Å². The Kier molecular flexibility index (Phi) is 5.20. The number of halogens is 1. The van der Waals surface area contributed by atoms with Crippen molar-refractivity contribution in [1.82, 2.24) is 14.8 Å². The van der Waals surface area contributed by atoms with Gasteiger partial charge in [-0.25, -0.2) is 4.98 Å². The lowest BCUT2D eigenvalue weighted by Crippen LogP contribution is -2.34. The van der Waals surface area contributed by atoms with Crippen LogP contribution in [0.1, 0.15) is 23.7 Å². The fourth-order valence-corrected chi connectivity index (χ4v) is 2.52. The Morgan fingerprint density at radius 2 is 2.20 bits per heavy atom. The summed E-state index contributed by atoms with van der Waals surface area (Å²) in [6, 6.07) is 1.70. The quantitative estimate of drug-likeness (QED) is 0.926. The van der Waals surface area contributed by atoms with Crippen molar-refractivity contribution in [2.24, 2.45) is 0 Å². The molecule has 0 radical (unpaired) electrons. The van der Waals surface area contributed by atoms with Crippen molar-refractivity contribution >= 4 is 23.3 Å². The summed E-state index contributed by atoms with van der Waals surface area (Å²) in [5, 5.41) is 3.55. The number of rotatable bonds is 3. The Hall–Kier alpha value is -1.33. The molecule has 1 amide bonds. The average Bonchev–Trinajstić information content (AvgIpc) is 2.65. The van der Waals surface area contributed by atoms with E-state index in [0.717, 1.165) is 39.1 Å². The minimum absolute atomic E-state index is 0.0118. The van der Waals surface area contributed by atoms with Gasteiger partial charge in [-0.15, -0.1) is 0 Å². The smallest absolute Gasteiger partial charge is 0.255 e. The van der Waals surface area contributed by atoms with Crippen molar-refractivity contribution in [1.29, 1.82) is 0 Å². The first-order chi connectivity index (χ1) is 9.61. The number of amides is 1. The molecule has 0 aliphatic carbocycles. The number of pyridine rings is 1. The van der Waals surface area contributed by atoms with Crippen LogP contribution in [-0.2, 0) is 0 Å². The summed E-state index contributed by atoms with van der Waals surface area (Å²) in [6.45, 7) is 6.20. The summed E-state index contributed by atoms with van der Waals surface area (Å²) in [5.41, 5.74) is 0.557. The number of hydrogen-bond donors (Lipinski definition) is 1. The second-order valence-corrected chi connectivity index (χ2v) is 5.44. The van der Waals surface area contributed by atoms with E-state index >= 15 is 0 Å². The predicted molar refractivity (Wildman–Crippen MR) is 81.4 cm³/mol. The standard InChI is InChI=1S/C14H21ClN4O/c1-3-16-13-12(15)9-11(10-17-13)14(20)19-6-4-5-18(2)7-8-19/h9-10H,3-8H2,1-2H3,(H,16,17). The monoisotopic (exact) mass is 296 g/mol. The summed E-state index contributed by atoms with van der Waals surface area (Å²) in [5.74, 6) is 0.638. The zero-order chi connectivity index (χ0) is 14.5. The summed E-state index contributed by atoms with van der Waals surface area (Å²) < 4.78 is 0. The lowest BCUT2D eigenvalue weighted by Gasteiger charge is -2.20. The Balaban J connectivity index is 2.10. The van der Waals surface area contributed by atoms with Gasteiger partial charge in [-0.05, 0) is 33.0 Å². The van der Waals surface area contributed by atoms with Gasteiger partial charge in [0.15, 0.2) is 0 Å². The van der Waals surface area contributed by atoms with Crippen LogP contribution in [0.5, 0.6) is 0 Å². The highest BCUT2D eigenvalue weighted by molar-refractivity contribution is 6.33. The molecule has 0 aromatic carbocycles. The molecule has 2 heterocycles. The molecule has 1 aromatic rings. The van der Waals surface area contributed by atoms with Crippen LogP contribution in [0.25, 0.3) is 0 Å². The van der Waals surface area contributed by atoms with Gasteiger partial charge in [0.1, 0.15) is 5.82 Å². The third kappa shape index (κ3) is 3.61. The van der Waals surface area contributed by atoms with E-state index < -0.39 is 0 Å². The second kappa shape index (κ2) is 6.90. The molecule has 1 saturated heterocycles. The molecule has 20 heavy (non-hydrogen) atoms. The van der Waals surface area contributed by atoms with Crippen LogP contribution in [0.15, 0.2) is 12.3 Å². The molecular formula is C14H21ClN4O. The molecule has 1 aliphatic heterocycles. The topological polar surface area (TPSA) is 48.5 Å². The van der Waals surface area contributed by atoms with E-state index in [1.165, 1.54) is 0 Å². The zero-order valence-electron chi connectivity index (χ0n) is 12.0. The fourth-order valence-electron chi connectivity index (χ4n) is 2.28. The van der Waals surface area contributed by atoms with E-state index in [9.17, 15) is 4.79 Å². The third-order valence-corrected chi connectivity index (χ3v) is 3.73. The van der Waals surface area contributed by atoms with E-state index in [0.29, 0.717) is 16.4 Å². The molecular weight excluding hydrogens is 276 g/mol. The minimum atomic E-state index is 0.0118. The van der Waals surface area contributed by atoms with Gasteiger partial charge >= 0.3 is 0 Å². The number of aromatic nitrogens is 1. The van der Waals surface area contributed by atoms with Gasteiger partial charge < -0.3 is 15.1 Å². The Bertz CT molecular complexity index is 480. The van der Waals surface area contributed by atoms with Crippen molar-refractivity contribution in [2.45, 2.75) is 13.3 Å². The van der Waals surface area contributed by atoms with Crippen molar-refractivity contribution < 1.29 is 4.79 Å². The van der Waals surface area contributed by atoms with E-state index in [-0.39, 0.29) is 5.91 Å². The number of carbonyl (C=O) groups is 1. The number of anilines is 1. The van der Waals surface area contributed by atoms with E-state index in [2.05, 4.69) is 22.2 Å². The average molecular weight is 297 g/mol. The van der Waals surface area contributed by atoms with E-state index in [1.54, 1.807) is 12.3 Å². The van der Waals surface area contributed by atoms with Gasteiger partial charge in [0.2, 0.25) is 0 Å². The number of nitrogens with one attached hydrogen (secondary N) is 1. The van der Waals surface area contributed by atoms with Gasteiger partial charge in [0.25, 0.3) is 5.91 Å². The van der Waals surface area contributed by atoms with Crippen LogP contribution in [-0.4, -0.2) is 60.5 Å². The van der Waals surface area contributed by atoms with Crippen LogP contribution in [0, 0.1) is 0 Å². The van der Waals surface area contributed by atoms with Gasteiger partial charge in [0, 0.05) is 32.4 Å². The first kappa shape index (κ1) is 15.1. The molecule has 1 fully saturated rings. The summed E-state index contributed by atoms with van der Waals surface area (Å²) in [7, 11) is 2.08. The van der Waals surface area contributed by atoms with Crippen LogP contribution >= 0.6 is 11.6 Å². The normalized spacial score (nSPS) is 16.9. The lowest BCUT2D eigenvalue weighted by atomic mass is 10.2. The molecule has 5 nitrogen and oxygen atoms in total. The Morgan fingerprint density at radius 1 is 1.40 bits per heavy atom. The Morgan fingerprint density at radius 3 is 2.90 bits per heavy atom. The second-order valence-electron chi connectivity index (χ2n) is 5.03. The SMILES string of the molecule is CCNc1ncc(C(=O)N2CCCN(C)CC2)cc1Cl. The third-order valence-electron chi connectivity index (χ3n) is 3.44. The molecule has 0 atom stereocenters. The van der Waals surface area contributed by atoms with E-state index in [4.69, 9.17) is 11.6 Å². The predicted octanol–water partition coefficient (Wildman–Crippen LogP) is 1.94. The Labute approximate surface area is 124 Å².